The lowest BCUT2D eigenvalue weighted by atomic mass is 9.63. The molecule has 0 amide bonds. The lowest BCUT2D eigenvalue weighted by Gasteiger charge is -2.44. The summed E-state index contributed by atoms with van der Waals surface area (Å²) < 4.78 is 5.06. The van der Waals surface area contributed by atoms with Crippen molar-refractivity contribution in [3.63, 3.8) is 0 Å². The molecule has 2 heteroatoms. The molecule has 0 unspecified atom stereocenters. The first-order valence-electron chi connectivity index (χ1n) is 6.33. The Balaban J connectivity index is 1.83. The van der Waals surface area contributed by atoms with Gasteiger partial charge in [0.2, 0.25) is 0 Å². The monoisotopic (exact) mass is 210 g/mol. The first-order chi connectivity index (χ1) is 7.24. The van der Waals surface area contributed by atoms with E-state index in [-0.39, 0.29) is 6.10 Å². The first-order valence-corrected chi connectivity index (χ1v) is 6.33. The Hall–Kier alpha value is -0.530. The number of ether oxygens (including phenoxy) is 1. The van der Waals surface area contributed by atoms with Crippen LogP contribution in [0.15, 0.2) is 0 Å². The van der Waals surface area contributed by atoms with Gasteiger partial charge in [-0.25, -0.2) is 0 Å². The fourth-order valence-electron chi connectivity index (χ4n) is 3.29. The van der Waals surface area contributed by atoms with Crippen molar-refractivity contribution in [2.24, 2.45) is 11.3 Å². The highest BCUT2D eigenvalue weighted by molar-refractivity contribution is 5.37. The van der Waals surface area contributed by atoms with Crippen LogP contribution in [0.4, 0.5) is 0 Å². The maximum absolute atomic E-state index is 10.3. The van der Waals surface area contributed by atoms with Crippen LogP contribution in [-0.2, 0) is 9.53 Å². The van der Waals surface area contributed by atoms with E-state index in [0.29, 0.717) is 11.9 Å². The first kappa shape index (κ1) is 11.0. The Bertz CT molecular complexity index is 207. The van der Waals surface area contributed by atoms with Gasteiger partial charge >= 0.3 is 0 Å². The van der Waals surface area contributed by atoms with Crippen molar-refractivity contribution in [1.29, 1.82) is 0 Å². The standard InChI is InChI=1S/C13H22O2/c1-11-2-6-13(7-3-11)8-4-12(5-9-13)15-10-14/h10-12H,2-9H2,1H3. The summed E-state index contributed by atoms with van der Waals surface area (Å²) in [6.07, 6.45) is 10.6. The minimum Gasteiger partial charge on any atom is -0.465 e. The third-order valence-corrected chi connectivity index (χ3v) is 4.58. The van der Waals surface area contributed by atoms with Gasteiger partial charge < -0.3 is 4.74 Å². The van der Waals surface area contributed by atoms with Crippen molar-refractivity contribution in [2.45, 2.75) is 64.4 Å². The fraction of sp³-hybridized carbons (Fsp3) is 0.923. The molecule has 0 aliphatic heterocycles. The van der Waals surface area contributed by atoms with E-state index >= 15 is 0 Å². The minimum absolute atomic E-state index is 0.215. The van der Waals surface area contributed by atoms with Crippen LogP contribution in [0.1, 0.15) is 58.3 Å². The average molecular weight is 210 g/mol. The number of hydrogen-bond donors (Lipinski definition) is 0. The van der Waals surface area contributed by atoms with Crippen molar-refractivity contribution in [3.8, 4) is 0 Å². The second-order valence-electron chi connectivity index (χ2n) is 5.61. The van der Waals surface area contributed by atoms with Gasteiger partial charge in [-0.3, -0.25) is 4.79 Å². The van der Waals surface area contributed by atoms with Crippen LogP contribution >= 0.6 is 0 Å². The maximum atomic E-state index is 10.3. The molecule has 2 aliphatic rings. The van der Waals surface area contributed by atoms with E-state index in [1.807, 2.05) is 0 Å². The summed E-state index contributed by atoms with van der Waals surface area (Å²) in [6.45, 7) is 2.99. The van der Waals surface area contributed by atoms with E-state index in [1.165, 1.54) is 38.5 Å². The molecule has 0 N–H and O–H groups in total. The fourth-order valence-corrected chi connectivity index (χ4v) is 3.29. The van der Waals surface area contributed by atoms with E-state index < -0.39 is 0 Å². The van der Waals surface area contributed by atoms with E-state index in [1.54, 1.807) is 0 Å². The molecule has 0 bridgehead atoms. The van der Waals surface area contributed by atoms with Gasteiger partial charge in [0.15, 0.2) is 0 Å². The summed E-state index contributed by atoms with van der Waals surface area (Å²) in [6, 6.07) is 0. The molecule has 0 aromatic carbocycles. The van der Waals surface area contributed by atoms with Gasteiger partial charge in [0, 0.05) is 0 Å². The number of carbonyl (C=O) groups excluding carboxylic acids is 1. The number of rotatable bonds is 2. The topological polar surface area (TPSA) is 26.3 Å². The quantitative estimate of drug-likeness (QED) is 0.654. The minimum atomic E-state index is 0.215. The lowest BCUT2D eigenvalue weighted by Crippen LogP contribution is -2.34. The zero-order valence-corrected chi connectivity index (χ0v) is 9.71. The summed E-state index contributed by atoms with van der Waals surface area (Å²) >= 11 is 0. The van der Waals surface area contributed by atoms with Gasteiger partial charge in [-0.2, -0.15) is 0 Å². The molecule has 0 atom stereocenters. The molecule has 15 heavy (non-hydrogen) atoms. The van der Waals surface area contributed by atoms with E-state index in [0.717, 1.165) is 18.8 Å². The molecule has 2 fully saturated rings. The molecule has 1 spiro atoms. The van der Waals surface area contributed by atoms with Gasteiger partial charge in [-0.05, 0) is 49.9 Å². The third kappa shape index (κ3) is 2.53. The SMILES string of the molecule is CC1CCC2(CC1)CCC(OC=O)CC2. The van der Waals surface area contributed by atoms with Crippen molar-refractivity contribution < 1.29 is 9.53 Å². The summed E-state index contributed by atoms with van der Waals surface area (Å²) in [4.78, 5) is 10.3. The van der Waals surface area contributed by atoms with Crippen LogP contribution in [0.5, 0.6) is 0 Å². The molecule has 2 aliphatic carbocycles. The summed E-state index contributed by atoms with van der Waals surface area (Å²) in [5.74, 6) is 0.930. The van der Waals surface area contributed by atoms with E-state index in [9.17, 15) is 4.79 Å². The maximum Gasteiger partial charge on any atom is 0.293 e. The van der Waals surface area contributed by atoms with Crippen LogP contribution < -0.4 is 0 Å². The molecule has 0 saturated heterocycles. The highest BCUT2D eigenvalue weighted by atomic mass is 16.5. The molecule has 2 nitrogen and oxygen atoms in total. The van der Waals surface area contributed by atoms with Crippen LogP contribution in [-0.4, -0.2) is 12.6 Å². The second-order valence-corrected chi connectivity index (χ2v) is 5.61. The molecular formula is C13H22O2. The van der Waals surface area contributed by atoms with Gasteiger partial charge in [0.25, 0.3) is 6.47 Å². The molecule has 0 heterocycles. The zero-order chi connectivity index (χ0) is 10.7. The Morgan fingerprint density at radius 3 is 2.13 bits per heavy atom. The molecule has 0 radical (unpaired) electrons. The van der Waals surface area contributed by atoms with Crippen LogP contribution in [0, 0.1) is 11.3 Å². The Kier molecular flexibility index (Phi) is 3.32. The van der Waals surface area contributed by atoms with Gasteiger partial charge in [-0.1, -0.05) is 19.8 Å². The largest absolute Gasteiger partial charge is 0.465 e. The van der Waals surface area contributed by atoms with Gasteiger partial charge in [0.05, 0.1) is 0 Å². The van der Waals surface area contributed by atoms with Crippen LogP contribution in [0.25, 0.3) is 0 Å². The molecule has 0 aromatic heterocycles. The predicted molar refractivity (Wildman–Crippen MR) is 59.5 cm³/mol. The van der Waals surface area contributed by atoms with Crippen molar-refractivity contribution in [1.82, 2.24) is 0 Å². The third-order valence-electron chi connectivity index (χ3n) is 4.58. The molecule has 2 saturated carbocycles. The summed E-state index contributed by atoms with van der Waals surface area (Å²) in [5, 5.41) is 0. The van der Waals surface area contributed by atoms with E-state index in [2.05, 4.69) is 6.92 Å². The highest BCUT2D eigenvalue weighted by Gasteiger charge is 2.37. The van der Waals surface area contributed by atoms with Crippen molar-refractivity contribution in [3.05, 3.63) is 0 Å². The van der Waals surface area contributed by atoms with Crippen LogP contribution in [0.3, 0.4) is 0 Å². The second kappa shape index (κ2) is 4.54. The summed E-state index contributed by atoms with van der Waals surface area (Å²) in [5.41, 5.74) is 0.620. The smallest absolute Gasteiger partial charge is 0.293 e. The average Bonchev–Trinajstić information content (AvgIpc) is 2.27. The highest BCUT2D eigenvalue weighted by Crippen LogP contribution is 2.49. The van der Waals surface area contributed by atoms with E-state index in [4.69, 9.17) is 4.74 Å². The predicted octanol–water partition coefficient (Wildman–Crippen LogP) is 3.30. The van der Waals surface area contributed by atoms with Gasteiger partial charge in [-0.15, -0.1) is 0 Å². The number of hydrogen-bond acceptors (Lipinski definition) is 2. The molecule has 86 valence electrons. The molecular weight excluding hydrogens is 188 g/mol. The van der Waals surface area contributed by atoms with Crippen molar-refractivity contribution >= 4 is 6.47 Å². The Morgan fingerprint density at radius 2 is 1.60 bits per heavy atom. The van der Waals surface area contributed by atoms with Crippen LogP contribution in [0.2, 0.25) is 0 Å². The Labute approximate surface area is 92.4 Å². The van der Waals surface area contributed by atoms with Crippen molar-refractivity contribution in [2.75, 3.05) is 0 Å². The number of carbonyl (C=O) groups is 1. The van der Waals surface area contributed by atoms with Gasteiger partial charge in [0.1, 0.15) is 6.10 Å². The lowest BCUT2D eigenvalue weighted by molar-refractivity contribution is -0.136. The Morgan fingerprint density at radius 1 is 1.07 bits per heavy atom. The zero-order valence-electron chi connectivity index (χ0n) is 9.71. The molecule has 2 rings (SSSR count). The molecule has 0 aromatic rings. The summed E-state index contributed by atoms with van der Waals surface area (Å²) in [7, 11) is 0. The normalized spacial score (nSPS) is 41.4.